The number of amides is 2. The van der Waals surface area contributed by atoms with Crippen LogP contribution >= 0.6 is 34.8 Å². The van der Waals surface area contributed by atoms with Gasteiger partial charge in [-0.05, 0) is 36.8 Å². The molecule has 0 unspecified atom stereocenters. The van der Waals surface area contributed by atoms with Crippen molar-refractivity contribution in [1.82, 2.24) is 0 Å². The number of hydrogen-bond acceptors (Lipinski definition) is 5. The van der Waals surface area contributed by atoms with Crippen LogP contribution in [0.4, 0.5) is 5.69 Å². The van der Waals surface area contributed by atoms with E-state index in [1.807, 2.05) is 0 Å². The third-order valence-electron chi connectivity index (χ3n) is 7.20. The lowest BCUT2D eigenvalue weighted by Crippen LogP contribution is -2.51. The minimum atomic E-state index is -2.18. The molecule has 36 heavy (non-hydrogen) atoms. The summed E-state index contributed by atoms with van der Waals surface area (Å²) < 4.78 is 6.25. The van der Waals surface area contributed by atoms with Crippen molar-refractivity contribution in [2.24, 2.45) is 11.8 Å². The summed E-state index contributed by atoms with van der Waals surface area (Å²) in [6.07, 6.45) is -1.14. The second-order valence-corrected chi connectivity index (χ2v) is 10.4. The first-order valence-corrected chi connectivity index (χ1v) is 12.3. The SMILES string of the molecule is Cc1ccc(Cl)cc1N1C(=O)[C@@H]2[C@H](c3ccc(Cl)cc3Cl)OC3(C(=O)c4ccccc4C3=O)[C@H]2C1=O. The number of hydrogen-bond donors (Lipinski definition) is 0. The molecule has 0 radical (unpaired) electrons. The number of ketones is 2. The van der Waals surface area contributed by atoms with E-state index in [4.69, 9.17) is 39.5 Å². The maximum absolute atomic E-state index is 14.0. The van der Waals surface area contributed by atoms with E-state index in [0.29, 0.717) is 26.9 Å². The topological polar surface area (TPSA) is 80.8 Å². The van der Waals surface area contributed by atoms with Crippen molar-refractivity contribution in [3.05, 3.63) is 98.0 Å². The molecule has 0 bridgehead atoms. The Bertz CT molecular complexity index is 1500. The van der Waals surface area contributed by atoms with Crippen molar-refractivity contribution in [1.29, 1.82) is 0 Å². The molecule has 2 heterocycles. The first-order valence-electron chi connectivity index (χ1n) is 11.1. The number of ether oxygens (including phenoxy) is 1. The first-order chi connectivity index (χ1) is 17.2. The number of carbonyl (C=O) groups excluding carboxylic acids is 4. The highest BCUT2D eigenvalue weighted by molar-refractivity contribution is 6.38. The van der Waals surface area contributed by atoms with Gasteiger partial charge in [-0.1, -0.05) is 71.2 Å². The number of halogens is 3. The smallest absolute Gasteiger partial charge is 0.241 e. The first kappa shape index (κ1) is 23.4. The van der Waals surface area contributed by atoms with E-state index in [2.05, 4.69) is 0 Å². The van der Waals surface area contributed by atoms with E-state index < -0.39 is 46.9 Å². The van der Waals surface area contributed by atoms with Crippen molar-refractivity contribution in [3.8, 4) is 0 Å². The van der Waals surface area contributed by atoms with Crippen molar-refractivity contribution < 1.29 is 23.9 Å². The third-order valence-corrected chi connectivity index (χ3v) is 8.00. The van der Waals surface area contributed by atoms with Crippen LogP contribution in [0, 0.1) is 18.8 Å². The van der Waals surface area contributed by atoms with Gasteiger partial charge in [0.05, 0.1) is 23.6 Å². The molecule has 2 fully saturated rings. The molecule has 6 rings (SSSR count). The van der Waals surface area contributed by atoms with Crippen LogP contribution in [0.25, 0.3) is 0 Å². The summed E-state index contributed by atoms with van der Waals surface area (Å²) >= 11 is 18.7. The number of carbonyl (C=O) groups is 4. The number of anilines is 1. The summed E-state index contributed by atoms with van der Waals surface area (Å²) in [5.41, 5.74) is -0.600. The van der Waals surface area contributed by atoms with Crippen LogP contribution in [0.3, 0.4) is 0 Å². The van der Waals surface area contributed by atoms with Crippen molar-refractivity contribution in [3.63, 3.8) is 0 Å². The lowest BCUT2D eigenvalue weighted by molar-refractivity contribution is -0.127. The third kappa shape index (κ3) is 2.96. The number of Topliss-reactive ketones (excluding diaryl/α,β-unsaturated/α-hetero) is 2. The van der Waals surface area contributed by atoms with Gasteiger partial charge in [-0.15, -0.1) is 0 Å². The van der Waals surface area contributed by atoms with Crippen LogP contribution in [0.5, 0.6) is 0 Å². The fourth-order valence-electron chi connectivity index (χ4n) is 5.59. The predicted molar refractivity (Wildman–Crippen MR) is 134 cm³/mol. The Morgan fingerprint density at radius 1 is 0.806 bits per heavy atom. The van der Waals surface area contributed by atoms with Crippen LogP contribution in [0.2, 0.25) is 15.1 Å². The quantitative estimate of drug-likeness (QED) is 0.310. The summed E-state index contributed by atoms with van der Waals surface area (Å²) in [7, 11) is 0. The lowest BCUT2D eigenvalue weighted by Gasteiger charge is -2.28. The van der Waals surface area contributed by atoms with Gasteiger partial charge in [0, 0.05) is 31.8 Å². The highest BCUT2D eigenvalue weighted by atomic mass is 35.5. The standard InChI is InChI=1S/C27H16Cl3NO5/c1-12-6-7-14(29)11-19(12)31-25(34)20-21(26(31)35)27(23(32)15-4-2-3-5-16(15)24(27)33)36-22(20)17-9-8-13(28)10-18(17)30/h2-11,20-22H,1H3/t20-,21+,22-/m0/s1. The van der Waals surface area contributed by atoms with Gasteiger partial charge >= 0.3 is 0 Å². The van der Waals surface area contributed by atoms with Gasteiger partial charge in [0.2, 0.25) is 29.0 Å². The largest absolute Gasteiger partial charge is 0.349 e. The molecule has 2 amide bonds. The Labute approximate surface area is 220 Å². The Morgan fingerprint density at radius 2 is 1.42 bits per heavy atom. The molecule has 6 nitrogen and oxygen atoms in total. The molecule has 2 saturated heterocycles. The Kier molecular flexibility index (Phi) is 5.18. The van der Waals surface area contributed by atoms with Crippen LogP contribution in [0.15, 0.2) is 60.7 Å². The molecule has 0 aromatic heterocycles. The molecule has 2 aliphatic heterocycles. The normalized spacial score (nSPS) is 24.1. The highest BCUT2D eigenvalue weighted by Crippen LogP contribution is 2.58. The summed E-state index contributed by atoms with van der Waals surface area (Å²) in [5.74, 6) is -5.13. The average Bonchev–Trinajstić information content (AvgIpc) is 3.41. The number of nitrogens with zero attached hydrogens (tertiary/aromatic N) is 1. The predicted octanol–water partition coefficient (Wildman–Crippen LogP) is 5.65. The van der Waals surface area contributed by atoms with Crippen LogP contribution in [-0.4, -0.2) is 29.0 Å². The lowest BCUT2D eigenvalue weighted by atomic mass is 9.77. The number of benzene rings is 3. The van der Waals surface area contributed by atoms with E-state index in [-0.39, 0.29) is 16.1 Å². The zero-order chi connectivity index (χ0) is 25.5. The molecule has 3 aliphatic rings. The monoisotopic (exact) mass is 539 g/mol. The molecular weight excluding hydrogens is 525 g/mol. The Hall–Kier alpha value is -3.03. The fourth-order valence-corrected chi connectivity index (χ4v) is 6.28. The summed E-state index contributed by atoms with van der Waals surface area (Å²) in [6, 6.07) is 15.8. The van der Waals surface area contributed by atoms with Crippen LogP contribution in [-0.2, 0) is 14.3 Å². The van der Waals surface area contributed by atoms with Crippen molar-refractivity contribution in [2.75, 3.05) is 4.90 Å². The summed E-state index contributed by atoms with van der Waals surface area (Å²) in [4.78, 5) is 56.6. The van der Waals surface area contributed by atoms with Crippen molar-refractivity contribution >= 4 is 63.9 Å². The van der Waals surface area contributed by atoms with Gasteiger partial charge in [0.1, 0.15) is 0 Å². The average molecular weight is 541 g/mol. The minimum absolute atomic E-state index is 0.154. The minimum Gasteiger partial charge on any atom is -0.349 e. The summed E-state index contributed by atoms with van der Waals surface area (Å²) in [6.45, 7) is 1.74. The van der Waals surface area contributed by atoms with Crippen LogP contribution < -0.4 is 4.90 Å². The van der Waals surface area contributed by atoms with Gasteiger partial charge in [-0.25, -0.2) is 4.90 Å². The molecule has 0 saturated carbocycles. The maximum atomic E-state index is 14.0. The zero-order valence-corrected chi connectivity index (χ0v) is 20.9. The molecular formula is C27H16Cl3NO5. The van der Waals surface area contributed by atoms with Crippen LogP contribution in [0.1, 0.15) is 37.9 Å². The zero-order valence-electron chi connectivity index (χ0n) is 18.6. The van der Waals surface area contributed by atoms with E-state index in [1.54, 1.807) is 43.3 Å². The Balaban J connectivity index is 1.58. The molecule has 9 heteroatoms. The fraction of sp³-hybridized carbons (Fsp3) is 0.185. The number of aryl methyl sites for hydroxylation is 1. The number of rotatable bonds is 2. The molecule has 3 aromatic rings. The van der Waals surface area contributed by atoms with Gasteiger partial charge in [0.15, 0.2) is 0 Å². The Morgan fingerprint density at radius 3 is 2.06 bits per heavy atom. The van der Waals surface area contributed by atoms with E-state index in [1.165, 1.54) is 24.3 Å². The number of imide groups is 1. The maximum Gasteiger partial charge on any atom is 0.241 e. The van der Waals surface area contributed by atoms with E-state index in [0.717, 1.165) is 4.90 Å². The second kappa shape index (κ2) is 7.98. The van der Waals surface area contributed by atoms with Gasteiger partial charge in [0.25, 0.3) is 0 Å². The van der Waals surface area contributed by atoms with Gasteiger partial charge in [-0.3, -0.25) is 19.2 Å². The van der Waals surface area contributed by atoms with E-state index >= 15 is 0 Å². The van der Waals surface area contributed by atoms with Crippen molar-refractivity contribution in [2.45, 2.75) is 18.6 Å². The number of fused-ring (bicyclic) bond motifs is 3. The summed E-state index contributed by atoms with van der Waals surface area (Å²) in [5, 5.41) is 0.881. The molecule has 1 spiro atoms. The molecule has 180 valence electrons. The van der Waals surface area contributed by atoms with Gasteiger partial charge < -0.3 is 4.74 Å². The second-order valence-electron chi connectivity index (χ2n) is 9.09. The highest BCUT2D eigenvalue weighted by Gasteiger charge is 2.75. The van der Waals surface area contributed by atoms with E-state index in [9.17, 15) is 19.2 Å². The van der Waals surface area contributed by atoms with Gasteiger partial charge in [-0.2, -0.15) is 0 Å². The molecule has 1 aliphatic carbocycles. The molecule has 3 aromatic carbocycles. The molecule has 3 atom stereocenters. The molecule has 0 N–H and O–H groups in total.